The molecule has 0 radical (unpaired) electrons. The zero-order chi connectivity index (χ0) is 12.3. The minimum atomic E-state index is -2.89. The number of esters is 1. The SMILES string of the molecule is COC(=O)Cc1nc(Br)c(F)cc1C(F)F. The predicted octanol–water partition coefficient (Wildman–Crippen LogP) is 2.64. The molecule has 0 N–H and O–H groups in total. The van der Waals surface area contributed by atoms with E-state index in [1.807, 2.05) is 0 Å². The number of hydrogen-bond acceptors (Lipinski definition) is 3. The first-order chi connectivity index (χ1) is 7.45. The van der Waals surface area contributed by atoms with Crippen molar-refractivity contribution in [3.63, 3.8) is 0 Å². The van der Waals surface area contributed by atoms with Gasteiger partial charge in [0.25, 0.3) is 6.43 Å². The van der Waals surface area contributed by atoms with Crippen LogP contribution in [0.5, 0.6) is 0 Å². The van der Waals surface area contributed by atoms with Crippen LogP contribution in [0, 0.1) is 5.82 Å². The Morgan fingerprint density at radius 3 is 2.75 bits per heavy atom. The number of ether oxygens (including phenoxy) is 1. The minimum Gasteiger partial charge on any atom is -0.469 e. The number of pyridine rings is 1. The molecule has 0 saturated carbocycles. The number of halogens is 4. The Morgan fingerprint density at radius 1 is 1.62 bits per heavy atom. The largest absolute Gasteiger partial charge is 0.469 e. The summed E-state index contributed by atoms with van der Waals surface area (Å²) in [5.74, 6) is -1.61. The molecule has 7 heteroatoms. The summed E-state index contributed by atoms with van der Waals surface area (Å²) in [6.45, 7) is 0. The minimum absolute atomic E-state index is 0.199. The van der Waals surface area contributed by atoms with Crippen molar-refractivity contribution in [1.82, 2.24) is 4.98 Å². The zero-order valence-electron chi connectivity index (χ0n) is 8.14. The number of hydrogen-bond donors (Lipinski definition) is 0. The number of rotatable bonds is 3. The molecule has 0 aliphatic heterocycles. The van der Waals surface area contributed by atoms with Crippen molar-refractivity contribution in [2.45, 2.75) is 12.8 Å². The summed E-state index contributed by atoms with van der Waals surface area (Å²) in [5.41, 5.74) is -0.804. The van der Waals surface area contributed by atoms with Gasteiger partial charge in [0.1, 0.15) is 4.60 Å². The molecule has 0 unspecified atom stereocenters. The second kappa shape index (κ2) is 5.29. The number of alkyl halides is 2. The van der Waals surface area contributed by atoms with Crippen LogP contribution in [0.3, 0.4) is 0 Å². The molecule has 1 aromatic heterocycles. The highest BCUT2D eigenvalue weighted by molar-refractivity contribution is 9.10. The average molecular weight is 298 g/mol. The molecule has 16 heavy (non-hydrogen) atoms. The summed E-state index contributed by atoms with van der Waals surface area (Å²) < 4.78 is 42.1. The molecule has 0 atom stereocenters. The quantitative estimate of drug-likeness (QED) is 0.636. The molecule has 0 fully saturated rings. The molecule has 0 bridgehead atoms. The van der Waals surface area contributed by atoms with E-state index in [4.69, 9.17) is 0 Å². The van der Waals surface area contributed by atoms with E-state index in [1.165, 1.54) is 0 Å². The van der Waals surface area contributed by atoms with Gasteiger partial charge in [-0.2, -0.15) is 0 Å². The maximum Gasteiger partial charge on any atom is 0.311 e. The molecule has 0 aliphatic carbocycles. The molecule has 0 aromatic carbocycles. The van der Waals surface area contributed by atoms with Gasteiger partial charge in [-0.25, -0.2) is 18.2 Å². The summed E-state index contributed by atoms with van der Waals surface area (Å²) in [6.07, 6.45) is -3.32. The first kappa shape index (κ1) is 13.0. The van der Waals surface area contributed by atoms with E-state index in [1.54, 1.807) is 0 Å². The van der Waals surface area contributed by atoms with E-state index >= 15 is 0 Å². The third-order valence-electron chi connectivity index (χ3n) is 1.82. The van der Waals surface area contributed by atoms with Crippen LogP contribution in [0.25, 0.3) is 0 Å². The lowest BCUT2D eigenvalue weighted by Crippen LogP contribution is -2.10. The van der Waals surface area contributed by atoms with Crippen LogP contribution in [0.2, 0.25) is 0 Å². The number of methoxy groups -OCH3 is 1. The molecular formula is C9H7BrF3NO2. The molecule has 0 aliphatic rings. The third kappa shape index (κ3) is 2.94. The first-order valence-corrected chi connectivity index (χ1v) is 4.94. The van der Waals surface area contributed by atoms with Gasteiger partial charge >= 0.3 is 5.97 Å². The maximum atomic E-state index is 13.0. The van der Waals surface area contributed by atoms with Crippen molar-refractivity contribution < 1.29 is 22.7 Å². The van der Waals surface area contributed by atoms with Crippen molar-refractivity contribution >= 4 is 21.9 Å². The molecule has 0 saturated heterocycles. The first-order valence-electron chi connectivity index (χ1n) is 4.15. The molecule has 3 nitrogen and oxygen atoms in total. The highest BCUT2D eigenvalue weighted by atomic mass is 79.9. The monoisotopic (exact) mass is 297 g/mol. The Balaban J connectivity index is 3.14. The van der Waals surface area contributed by atoms with Crippen LogP contribution in [-0.4, -0.2) is 18.1 Å². The molecule has 88 valence electrons. The smallest absolute Gasteiger partial charge is 0.311 e. The van der Waals surface area contributed by atoms with Crippen molar-refractivity contribution in [3.05, 3.63) is 27.7 Å². The van der Waals surface area contributed by atoms with Crippen LogP contribution < -0.4 is 0 Å². The van der Waals surface area contributed by atoms with Crippen LogP contribution >= 0.6 is 15.9 Å². The number of carbonyl (C=O) groups is 1. The van der Waals surface area contributed by atoms with Gasteiger partial charge in [0.15, 0.2) is 5.82 Å². The average Bonchev–Trinajstić information content (AvgIpc) is 2.22. The Labute approximate surface area is 97.8 Å². The van der Waals surface area contributed by atoms with Crippen LogP contribution in [0.1, 0.15) is 17.7 Å². The normalized spacial score (nSPS) is 10.6. The lowest BCUT2D eigenvalue weighted by atomic mass is 10.1. The van der Waals surface area contributed by atoms with Gasteiger partial charge in [-0.1, -0.05) is 0 Å². The Hall–Kier alpha value is -1.11. The topological polar surface area (TPSA) is 39.2 Å². The van der Waals surface area contributed by atoms with Crippen LogP contribution in [-0.2, 0) is 16.0 Å². The predicted molar refractivity (Wildman–Crippen MR) is 52.6 cm³/mol. The molecule has 1 rings (SSSR count). The van der Waals surface area contributed by atoms with Gasteiger partial charge in [0.05, 0.1) is 19.2 Å². The van der Waals surface area contributed by atoms with E-state index in [2.05, 4.69) is 25.7 Å². The molecular weight excluding hydrogens is 291 g/mol. The van der Waals surface area contributed by atoms with E-state index in [0.717, 1.165) is 7.11 Å². The third-order valence-corrected chi connectivity index (χ3v) is 2.38. The molecule has 0 spiro atoms. The van der Waals surface area contributed by atoms with Gasteiger partial charge in [-0.3, -0.25) is 4.79 Å². The van der Waals surface area contributed by atoms with Crippen LogP contribution in [0.15, 0.2) is 10.7 Å². The van der Waals surface area contributed by atoms with Gasteiger partial charge in [-0.15, -0.1) is 0 Å². The van der Waals surface area contributed by atoms with Gasteiger partial charge < -0.3 is 4.74 Å². The lowest BCUT2D eigenvalue weighted by molar-refractivity contribution is -0.139. The van der Waals surface area contributed by atoms with Gasteiger partial charge in [0.2, 0.25) is 0 Å². The van der Waals surface area contributed by atoms with E-state index in [0.29, 0.717) is 6.07 Å². The standard InChI is InChI=1S/C9H7BrF3NO2/c1-16-7(15)3-6-4(9(12)13)2-5(11)8(10)14-6/h2,9H,3H2,1H3. The maximum absolute atomic E-state index is 13.0. The van der Waals surface area contributed by atoms with Gasteiger partial charge in [0, 0.05) is 5.56 Å². The van der Waals surface area contributed by atoms with Crippen molar-refractivity contribution in [1.29, 1.82) is 0 Å². The highest BCUT2D eigenvalue weighted by Crippen LogP contribution is 2.26. The number of carbonyl (C=O) groups excluding carboxylic acids is 1. The van der Waals surface area contributed by atoms with Crippen molar-refractivity contribution in [2.75, 3.05) is 7.11 Å². The molecule has 1 aromatic rings. The Bertz CT molecular complexity index is 412. The van der Waals surface area contributed by atoms with Crippen molar-refractivity contribution in [3.8, 4) is 0 Å². The summed E-state index contributed by atoms with van der Waals surface area (Å²) in [5, 5.41) is 0. The highest BCUT2D eigenvalue weighted by Gasteiger charge is 2.19. The zero-order valence-corrected chi connectivity index (χ0v) is 9.72. The summed E-state index contributed by atoms with van der Waals surface area (Å²) in [4.78, 5) is 14.5. The van der Waals surface area contributed by atoms with E-state index in [9.17, 15) is 18.0 Å². The Morgan fingerprint density at radius 2 is 2.25 bits per heavy atom. The van der Waals surface area contributed by atoms with Crippen LogP contribution in [0.4, 0.5) is 13.2 Å². The molecule has 1 heterocycles. The fourth-order valence-electron chi connectivity index (χ4n) is 1.06. The van der Waals surface area contributed by atoms with Gasteiger partial charge in [-0.05, 0) is 22.0 Å². The summed E-state index contributed by atoms with van der Waals surface area (Å²) in [6, 6.07) is 0.653. The van der Waals surface area contributed by atoms with E-state index < -0.39 is 30.2 Å². The number of aromatic nitrogens is 1. The summed E-state index contributed by atoms with van der Waals surface area (Å²) in [7, 11) is 1.13. The fourth-order valence-corrected chi connectivity index (χ4v) is 1.38. The van der Waals surface area contributed by atoms with Crippen molar-refractivity contribution in [2.24, 2.45) is 0 Å². The lowest BCUT2D eigenvalue weighted by Gasteiger charge is -2.08. The number of nitrogens with zero attached hydrogens (tertiary/aromatic N) is 1. The van der Waals surface area contributed by atoms with E-state index in [-0.39, 0.29) is 10.3 Å². The fraction of sp³-hybridized carbons (Fsp3) is 0.333. The second-order valence-corrected chi connectivity index (χ2v) is 3.60. The summed E-state index contributed by atoms with van der Waals surface area (Å²) >= 11 is 2.76. The second-order valence-electron chi connectivity index (χ2n) is 2.85. The molecule has 0 amide bonds. The Kier molecular flexibility index (Phi) is 4.28.